The third-order valence-electron chi connectivity index (χ3n) is 4.46. The van der Waals surface area contributed by atoms with Crippen molar-refractivity contribution in [1.82, 2.24) is 4.98 Å². The van der Waals surface area contributed by atoms with Crippen LogP contribution < -0.4 is 10.1 Å². The van der Waals surface area contributed by atoms with Crippen LogP contribution in [0.3, 0.4) is 0 Å². The molecule has 194 valence electrons. The predicted molar refractivity (Wildman–Crippen MR) is 138 cm³/mol. The maximum atomic E-state index is 13.6. The van der Waals surface area contributed by atoms with Crippen molar-refractivity contribution in [3.8, 4) is 11.5 Å². The van der Waals surface area contributed by atoms with Gasteiger partial charge in [-0.3, -0.25) is 4.79 Å². The summed E-state index contributed by atoms with van der Waals surface area (Å²) in [6.07, 6.45) is 1.55. The van der Waals surface area contributed by atoms with Gasteiger partial charge in [-0.2, -0.15) is 0 Å². The third-order valence-corrected chi connectivity index (χ3v) is 7.53. The quantitative estimate of drug-likeness (QED) is 0.270. The highest BCUT2D eigenvalue weighted by Crippen LogP contribution is 2.22. The molecule has 0 unspecified atom stereocenters. The van der Waals surface area contributed by atoms with Crippen LogP contribution in [0.5, 0.6) is 11.5 Å². The summed E-state index contributed by atoms with van der Waals surface area (Å²) in [5.74, 6) is -2.54. The summed E-state index contributed by atoms with van der Waals surface area (Å²) in [5, 5.41) is 13.9. The normalized spacial score (nSPS) is 10.8. The van der Waals surface area contributed by atoms with Crippen molar-refractivity contribution in [3.63, 3.8) is 0 Å². The Morgan fingerprint density at radius 1 is 1.00 bits per heavy atom. The van der Waals surface area contributed by atoms with E-state index in [1.165, 1.54) is 59.9 Å². The number of aromatic hydroxyl groups is 1. The minimum Gasteiger partial charge on any atom is -0.505 e. The van der Waals surface area contributed by atoms with Gasteiger partial charge in [0.25, 0.3) is 5.91 Å². The van der Waals surface area contributed by atoms with Crippen LogP contribution in [0.1, 0.15) is 5.01 Å². The zero-order valence-electron chi connectivity index (χ0n) is 18.7. The molecule has 0 saturated carbocycles. The minimum atomic E-state index is -3.52. The Morgan fingerprint density at radius 3 is 2.22 bits per heavy atom. The Labute approximate surface area is 225 Å². The first-order valence-electron chi connectivity index (χ1n) is 10.3. The number of phenols is 1. The number of halogens is 4. The van der Waals surface area contributed by atoms with E-state index in [1.54, 1.807) is 11.6 Å². The zero-order valence-corrected chi connectivity index (χ0v) is 21.8. The molecule has 0 aliphatic carbocycles. The lowest BCUT2D eigenvalue weighted by Crippen LogP contribution is -2.20. The summed E-state index contributed by atoms with van der Waals surface area (Å²) in [5.41, 5.74) is 0.387. The van der Waals surface area contributed by atoms with Crippen molar-refractivity contribution in [2.75, 3.05) is 11.9 Å². The van der Waals surface area contributed by atoms with E-state index in [9.17, 15) is 22.0 Å². The van der Waals surface area contributed by atoms with Gasteiger partial charge in [-0.05, 0) is 60.7 Å². The molecule has 0 radical (unpaired) electrons. The number of anilines is 1. The largest absolute Gasteiger partial charge is 0.505 e. The van der Waals surface area contributed by atoms with Gasteiger partial charge in [0.05, 0.1) is 4.90 Å². The first-order chi connectivity index (χ1) is 17.5. The van der Waals surface area contributed by atoms with Crippen LogP contribution in [0.2, 0.25) is 10.0 Å². The fourth-order valence-corrected chi connectivity index (χ4v) is 5.30. The molecule has 7 nitrogen and oxygen atoms in total. The lowest BCUT2D eigenvalue weighted by molar-refractivity contribution is -0.118. The van der Waals surface area contributed by atoms with Crippen LogP contribution in [0, 0.1) is 11.6 Å². The highest BCUT2D eigenvalue weighted by atomic mass is 35.5. The van der Waals surface area contributed by atoms with Gasteiger partial charge in [0.15, 0.2) is 39.6 Å². The number of benzene rings is 3. The number of rotatable bonds is 7. The molecule has 0 saturated heterocycles. The Hall–Kier alpha value is -3.25. The van der Waals surface area contributed by atoms with Crippen LogP contribution in [-0.4, -0.2) is 31.0 Å². The van der Waals surface area contributed by atoms with Gasteiger partial charge in [0.1, 0.15) is 10.8 Å². The molecule has 37 heavy (non-hydrogen) atoms. The minimum absolute atomic E-state index is 0.0943. The maximum Gasteiger partial charge on any atom is 0.262 e. The first-order valence-corrected chi connectivity index (χ1v) is 13.5. The van der Waals surface area contributed by atoms with Crippen molar-refractivity contribution in [3.05, 3.63) is 98.9 Å². The number of carbonyl (C=O) groups excluding carboxylic acids is 1. The Bertz CT molecular complexity index is 1470. The lowest BCUT2D eigenvalue weighted by Gasteiger charge is -2.09. The number of aromatic nitrogens is 1. The zero-order chi connectivity index (χ0) is 27.0. The molecule has 1 heterocycles. The van der Waals surface area contributed by atoms with Gasteiger partial charge < -0.3 is 15.2 Å². The smallest absolute Gasteiger partial charge is 0.262 e. The predicted octanol–water partition coefficient (Wildman–Crippen LogP) is 6.11. The number of sulfone groups is 1. The number of ether oxygens (including phenoxy) is 1. The first kappa shape index (κ1) is 28.3. The summed E-state index contributed by atoms with van der Waals surface area (Å²) in [4.78, 5) is 16.0. The number of hydrogen-bond donors (Lipinski definition) is 2. The van der Waals surface area contributed by atoms with Crippen LogP contribution >= 0.6 is 34.5 Å². The number of nitrogens with zero attached hydrogens (tertiary/aromatic N) is 1. The van der Waals surface area contributed by atoms with Crippen molar-refractivity contribution in [2.24, 2.45) is 0 Å². The monoisotopic (exact) mass is 586 g/mol. The van der Waals surface area contributed by atoms with E-state index in [1.807, 2.05) is 0 Å². The summed E-state index contributed by atoms with van der Waals surface area (Å²) < 4.78 is 55.7. The molecule has 0 spiro atoms. The highest BCUT2D eigenvalue weighted by molar-refractivity contribution is 7.90. The van der Waals surface area contributed by atoms with Crippen LogP contribution in [0.15, 0.2) is 77.1 Å². The van der Waals surface area contributed by atoms with E-state index < -0.39 is 34.0 Å². The van der Waals surface area contributed by atoms with E-state index in [2.05, 4.69) is 10.3 Å². The van der Waals surface area contributed by atoms with Gasteiger partial charge in [0.2, 0.25) is 0 Å². The molecule has 0 atom stereocenters. The van der Waals surface area contributed by atoms with Gasteiger partial charge >= 0.3 is 0 Å². The van der Waals surface area contributed by atoms with Crippen molar-refractivity contribution in [1.29, 1.82) is 0 Å². The van der Waals surface area contributed by atoms with Gasteiger partial charge in [0, 0.05) is 27.3 Å². The third kappa shape index (κ3) is 8.67. The average Bonchev–Trinajstić information content (AvgIpc) is 3.34. The molecule has 13 heteroatoms. The lowest BCUT2D eigenvalue weighted by atomic mass is 10.3. The molecule has 4 rings (SSSR count). The second-order valence-electron chi connectivity index (χ2n) is 7.22. The Kier molecular flexibility index (Phi) is 9.81. The molecule has 3 aromatic carbocycles. The summed E-state index contributed by atoms with van der Waals surface area (Å²) in [6.45, 7) is -0.414. The number of thiazole rings is 1. The molecule has 1 amide bonds. The van der Waals surface area contributed by atoms with Crippen molar-refractivity contribution < 1.29 is 31.8 Å². The topological polar surface area (TPSA) is 106 Å². The molecular formula is C24H18Cl2F2N2O5S2. The van der Waals surface area contributed by atoms with Gasteiger partial charge in [-0.25, -0.2) is 22.2 Å². The highest BCUT2D eigenvalue weighted by Gasteiger charge is 2.17. The number of amides is 1. The standard InChI is InChI=1S/C18H14ClFN2O4S2.C6H4ClFO/c19-12-1-6-16(15(20)9-12)26-10-17(23)22-13-2-4-14(5-3-13)28(24,25)11-18-21-7-8-27-18;7-4-1-2-6(9)5(8)3-4/h1-9H,10-11H2,(H,22,23);1-3,9H. The van der Waals surface area contributed by atoms with Crippen molar-refractivity contribution >= 4 is 56.0 Å². The van der Waals surface area contributed by atoms with Crippen LogP contribution in [0.25, 0.3) is 0 Å². The number of carbonyl (C=O) groups is 1. The average molecular weight is 587 g/mol. The van der Waals surface area contributed by atoms with Crippen LogP contribution in [0.4, 0.5) is 14.5 Å². The Morgan fingerprint density at radius 2 is 1.65 bits per heavy atom. The van der Waals surface area contributed by atoms with E-state index in [4.69, 9.17) is 33.0 Å². The number of hydrogen-bond acceptors (Lipinski definition) is 7. The SMILES string of the molecule is O=C(COc1ccc(Cl)cc1F)Nc1ccc(S(=O)(=O)Cc2nccs2)cc1.Oc1ccc(Cl)cc1F. The fourth-order valence-electron chi connectivity index (χ4n) is 2.73. The molecule has 2 N–H and O–H groups in total. The summed E-state index contributed by atoms with van der Waals surface area (Å²) in [6, 6.07) is 13.3. The molecule has 4 aromatic rings. The molecule has 0 aliphatic rings. The van der Waals surface area contributed by atoms with E-state index in [0.717, 1.165) is 12.1 Å². The summed E-state index contributed by atoms with van der Waals surface area (Å²) >= 11 is 12.3. The number of nitrogens with one attached hydrogen (secondary N) is 1. The van der Waals surface area contributed by atoms with Crippen molar-refractivity contribution in [2.45, 2.75) is 10.6 Å². The molecule has 1 aromatic heterocycles. The maximum absolute atomic E-state index is 13.6. The van der Waals surface area contributed by atoms with E-state index >= 15 is 0 Å². The Balaban J connectivity index is 0.000000356. The van der Waals surface area contributed by atoms with E-state index in [-0.39, 0.29) is 32.2 Å². The molecule has 0 aliphatic heterocycles. The van der Waals surface area contributed by atoms with Gasteiger partial charge in [-0.1, -0.05) is 23.2 Å². The fraction of sp³-hybridized carbons (Fsp3) is 0.0833. The van der Waals surface area contributed by atoms with E-state index in [0.29, 0.717) is 10.7 Å². The second kappa shape index (κ2) is 12.8. The molecule has 0 bridgehead atoms. The molecular weight excluding hydrogens is 569 g/mol. The molecule has 0 fully saturated rings. The number of phenolic OH excluding ortho intramolecular Hbond substituents is 1. The van der Waals surface area contributed by atoms with Crippen LogP contribution in [-0.2, 0) is 20.4 Å². The second-order valence-corrected chi connectivity index (χ2v) is 11.1. The summed E-state index contributed by atoms with van der Waals surface area (Å²) in [7, 11) is -3.52. The van der Waals surface area contributed by atoms with Gasteiger partial charge in [-0.15, -0.1) is 11.3 Å².